The smallest absolute Gasteiger partial charge is 0.272 e. The molecule has 0 radical (unpaired) electrons. The van der Waals surface area contributed by atoms with Crippen molar-refractivity contribution in [3.63, 3.8) is 0 Å². The average molecular weight is 403 g/mol. The van der Waals surface area contributed by atoms with Gasteiger partial charge in [-0.25, -0.2) is 13.4 Å². The van der Waals surface area contributed by atoms with Gasteiger partial charge in [-0.1, -0.05) is 26.0 Å². The number of hydrogen-bond donors (Lipinski definition) is 1. The monoisotopic (exact) mass is 402 g/mol. The molecule has 0 spiro atoms. The minimum Gasteiger partial charge on any atom is -0.348 e. The maximum absolute atomic E-state index is 13.3. The van der Waals surface area contributed by atoms with Gasteiger partial charge in [0.25, 0.3) is 5.91 Å². The van der Waals surface area contributed by atoms with Gasteiger partial charge >= 0.3 is 0 Å². The Labute approximate surface area is 165 Å². The third-order valence-electron chi connectivity index (χ3n) is 5.67. The van der Waals surface area contributed by atoms with E-state index in [9.17, 15) is 13.2 Å². The number of benzene rings is 1. The van der Waals surface area contributed by atoms with Crippen LogP contribution in [0.15, 0.2) is 35.5 Å². The van der Waals surface area contributed by atoms with Crippen molar-refractivity contribution in [1.29, 1.82) is 0 Å². The number of nitrogens with one attached hydrogen (secondary N) is 1. The van der Waals surface area contributed by atoms with Crippen LogP contribution < -0.4 is 5.32 Å². The molecule has 1 fully saturated rings. The largest absolute Gasteiger partial charge is 0.348 e. The third kappa shape index (κ3) is 3.35. The molecule has 1 atom stereocenters. The zero-order valence-electron chi connectivity index (χ0n) is 16.4. The molecule has 8 heteroatoms. The molecule has 28 heavy (non-hydrogen) atoms. The van der Waals surface area contributed by atoms with Crippen LogP contribution in [0, 0.1) is 11.8 Å². The fourth-order valence-electron chi connectivity index (χ4n) is 3.38. The molecule has 1 N–H and O–H groups in total. The molecule has 0 saturated heterocycles. The summed E-state index contributed by atoms with van der Waals surface area (Å²) in [5.74, 6) is 0.422. The molecule has 2 aromatic rings. The predicted octanol–water partition coefficient (Wildman–Crippen LogP) is 2.56. The van der Waals surface area contributed by atoms with E-state index in [-0.39, 0.29) is 29.3 Å². The number of carbonyl (C=O) groups excluding carboxylic acids is 1. The van der Waals surface area contributed by atoms with Gasteiger partial charge in [0.1, 0.15) is 11.2 Å². The maximum Gasteiger partial charge on any atom is 0.272 e. The molecule has 1 aliphatic heterocycles. The summed E-state index contributed by atoms with van der Waals surface area (Å²) in [6, 6.07) is 6.91. The number of amides is 1. The van der Waals surface area contributed by atoms with Crippen molar-refractivity contribution < 1.29 is 13.2 Å². The number of carbonyl (C=O) groups is 1. The molecule has 1 aromatic carbocycles. The van der Waals surface area contributed by atoms with E-state index in [2.05, 4.69) is 10.3 Å². The first-order valence-electron chi connectivity index (χ1n) is 9.75. The third-order valence-corrected chi connectivity index (χ3v) is 7.53. The van der Waals surface area contributed by atoms with Crippen molar-refractivity contribution in [3.05, 3.63) is 42.0 Å². The Hall–Kier alpha value is -2.19. The highest BCUT2D eigenvalue weighted by molar-refractivity contribution is 7.89. The standard InChI is InChI=1S/C20H26N4O3S/c1-13(2)14(3)22-20(25)19-17-11-23(10-15-8-9-15)28(26,27)18-7-5-4-6-16(18)24(17)12-21-19/h4-7,12-15H,8-11H2,1-3H3,(H,22,25)/t14-/m0/s1. The summed E-state index contributed by atoms with van der Waals surface area (Å²) >= 11 is 0. The molecule has 150 valence electrons. The molecule has 7 nitrogen and oxygen atoms in total. The summed E-state index contributed by atoms with van der Waals surface area (Å²) in [6.45, 7) is 6.66. The number of fused-ring (bicyclic) bond motifs is 3. The molecule has 4 rings (SSSR count). The van der Waals surface area contributed by atoms with Crippen molar-refractivity contribution in [2.45, 2.75) is 51.1 Å². The van der Waals surface area contributed by atoms with Crippen LogP contribution in [0.4, 0.5) is 0 Å². The summed E-state index contributed by atoms with van der Waals surface area (Å²) < 4.78 is 29.8. The lowest BCUT2D eigenvalue weighted by Crippen LogP contribution is -2.37. The van der Waals surface area contributed by atoms with Crippen molar-refractivity contribution in [2.75, 3.05) is 6.54 Å². The number of aromatic nitrogens is 2. The van der Waals surface area contributed by atoms with Crippen LogP contribution in [-0.2, 0) is 16.6 Å². The topological polar surface area (TPSA) is 84.3 Å². The van der Waals surface area contributed by atoms with Crippen molar-refractivity contribution in [3.8, 4) is 5.69 Å². The normalized spacial score (nSPS) is 19.6. The quantitative estimate of drug-likeness (QED) is 0.833. The van der Waals surface area contributed by atoms with Crippen LogP contribution in [0.2, 0.25) is 0 Å². The highest BCUT2D eigenvalue weighted by Crippen LogP contribution is 2.36. The number of para-hydroxylation sites is 1. The number of imidazole rings is 1. The van der Waals surface area contributed by atoms with Crippen molar-refractivity contribution in [1.82, 2.24) is 19.2 Å². The van der Waals surface area contributed by atoms with E-state index >= 15 is 0 Å². The molecule has 1 aromatic heterocycles. The second kappa shape index (κ2) is 7.00. The molecule has 0 unspecified atom stereocenters. The number of nitrogens with zero attached hydrogens (tertiary/aromatic N) is 3. The van der Waals surface area contributed by atoms with Gasteiger partial charge in [-0.15, -0.1) is 0 Å². The van der Waals surface area contributed by atoms with Crippen LogP contribution in [0.3, 0.4) is 0 Å². The van der Waals surface area contributed by atoms with E-state index in [1.165, 1.54) is 4.31 Å². The fraction of sp³-hybridized carbons (Fsp3) is 0.500. The van der Waals surface area contributed by atoms with Crippen molar-refractivity contribution in [2.24, 2.45) is 11.8 Å². The Bertz CT molecular complexity index is 1010. The van der Waals surface area contributed by atoms with Gasteiger partial charge in [-0.2, -0.15) is 4.31 Å². The molecule has 2 aliphatic rings. The van der Waals surface area contributed by atoms with E-state index in [1.54, 1.807) is 35.2 Å². The Balaban J connectivity index is 1.79. The highest BCUT2D eigenvalue weighted by Gasteiger charge is 2.37. The molecule has 2 heterocycles. The highest BCUT2D eigenvalue weighted by atomic mass is 32.2. The Morgan fingerprint density at radius 1 is 1.25 bits per heavy atom. The Morgan fingerprint density at radius 3 is 2.64 bits per heavy atom. The minimum absolute atomic E-state index is 0.00536. The van der Waals surface area contributed by atoms with Crippen LogP contribution in [0.1, 0.15) is 49.8 Å². The lowest BCUT2D eigenvalue weighted by molar-refractivity contribution is 0.0924. The first-order chi connectivity index (χ1) is 13.3. The predicted molar refractivity (Wildman–Crippen MR) is 106 cm³/mol. The van der Waals surface area contributed by atoms with E-state index in [0.29, 0.717) is 29.5 Å². The zero-order chi connectivity index (χ0) is 20.1. The molecule has 0 bridgehead atoms. The first-order valence-corrected chi connectivity index (χ1v) is 11.2. The summed E-state index contributed by atoms with van der Waals surface area (Å²) in [4.78, 5) is 17.5. The molecular formula is C20H26N4O3S. The van der Waals surface area contributed by atoms with E-state index in [1.807, 2.05) is 20.8 Å². The summed E-state index contributed by atoms with van der Waals surface area (Å²) in [6.07, 6.45) is 3.65. The summed E-state index contributed by atoms with van der Waals surface area (Å²) in [5.41, 5.74) is 1.45. The zero-order valence-corrected chi connectivity index (χ0v) is 17.2. The van der Waals surface area contributed by atoms with Gasteiger partial charge in [0, 0.05) is 12.6 Å². The lowest BCUT2D eigenvalue weighted by Gasteiger charge is -2.20. The summed E-state index contributed by atoms with van der Waals surface area (Å²) in [7, 11) is -3.64. The van der Waals surface area contributed by atoms with Gasteiger partial charge < -0.3 is 5.32 Å². The van der Waals surface area contributed by atoms with Gasteiger partial charge in [0.05, 0.1) is 17.9 Å². The van der Waals surface area contributed by atoms with Gasteiger partial charge in [-0.05, 0) is 43.7 Å². The number of rotatable bonds is 5. The second-order valence-electron chi connectivity index (χ2n) is 8.12. The lowest BCUT2D eigenvalue weighted by atomic mass is 10.1. The average Bonchev–Trinajstić information content (AvgIpc) is 3.38. The fourth-order valence-corrected chi connectivity index (χ4v) is 5.04. The first kappa shape index (κ1) is 19.1. The Kier molecular flexibility index (Phi) is 4.79. The molecular weight excluding hydrogens is 376 g/mol. The van der Waals surface area contributed by atoms with Crippen LogP contribution >= 0.6 is 0 Å². The number of sulfonamides is 1. The van der Waals surface area contributed by atoms with Crippen molar-refractivity contribution >= 4 is 15.9 Å². The summed E-state index contributed by atoms with van der Waals surface area (Å²) in [5, 5.41) is 2.98. The SMILES string of the molecule is CC(C)[C@H](C)NC(=O)c1ncn2c1CN(CC1CC1)S(=O)(=O)c1ccccc1-2. The maximum atomic E-state index is 13.3. The van der Waals surface area contributed by atoms with Gasteiger partial charge in [0.2, 0.25) is 10.0 Å². The van der Waals surface area contributed by atoms with E-state index in [0.717, 1.165) is 12.8 Å². The molecule has 1 saturated carbocycles. The molecule has 1 aliphatic carbocycles. The number of hydrogen-bond acceptors (Lipinski definition) is 4. The van der Waals surface area contributed by atoms with Gasteiger partial charge in [0.15, 0.2) is 5.69 Å². The Morgan fingerprint density at radius 2 is 1.96 bits per heavy atom. The van der Waals surface area contributed by atoms with Crippen LogP contribution in [0.5, 0.6) is 0 Å². The van der Waals surface area contributed by atoms with Crippen LogP contribution in [0.25, 0.3) is 5.69 Å². The second-order valence-corrected chi connectivity index (χ2v) is 10.0. The molecule has 1 amide bonds. The van der Waals surface area contributed by atoms with Gasteiger partial charge in [-0.3, -0.25) is 9.36 Å². The van der Waals surface area contributed by atoms with E-state index in [4.69, 9.17) is 0 Å². The van der Waals surface area contributed by atoms with E-state index < -0.39 is 10.0 Å². The minimum atomic E-state index is -3.64. The van der Waals surface area contributed by atoms with Crippen LogP contribution in [-0.4, -0.2) is 40.8 Å².